The third kappa shape index (κ3) is 6.30. The van der Waals surface area contributed by atoms with E-state index in [1.54, 1.807) is 0 Å². The van der Waals surface area contributed by atoms with Gasteiger partial charge in [-0.3, -0.25) is 19.4 Å². The number of piperidine rings is 1. The Morgan fingerprint density at radius 1 is 1.23 bits per heavy atom. The fraction of sp³-hybridized carbons (Fsp3) is 0.458. The molecular formula is C24H27F3N6O5S. The average Bonchev–Trinajstić information content (AvgIpc) is 3.53. The van der Waals surface area contributed by atoms with Crippen LogP contribution in [0, 0.1) is 0 Å². The number of aryl methyl sites for hydroxylation is 2. The van der Waals surface area contributed by atoms with Gasteiger partial charge >= 0.3 is 6.18 Å². The van der Waals surface area contributed by atoms with Crippen LogP contribution >= 0.6 is 11.3 Å². The van der Waals surface area contributed by atoms with Crippen molar-refractivity contribution in [3.63, 3.8) is 0 Å². The van der Waals surface area contributed by atoms with Crippen LogP contribution in [0.4, 0.5) is 18.9 Å². The van der Waals surface area contributed by atoms with Crippen LogP contribution < -0.4 is 15.4 Å². The average molecular weight is 569 g/mol. The van der Waals surface area contributed by atoms with Crippen LogP contribution in [0.1, 0.15) is 45.6 Å². The van der Waals surface area contributed by atoms with Gasteiger partial charge in [0.15, 0.2) is 18.1 Å². The number of halogens is 3. The van der Waals surface area contributed by atoms with Crippen molar-refractivity contribution in [3.8, 4) is 5.75 Å². The number of nitrogens with one attached hydrogen (secondary N) is 2. The fourth-order valence-electron chi connectivity index (χ4n) is 4.42. The number of hydrogen-bond acceptors (Lipinski definition) is 8. The Morgan fingerprint density at radius 3 is 2.54 bits per heavy atom. The van der Waals surface area contributed by atoms with Gasteiger partial charge in [0.05, 0.1) is 28.5 Å². The standard InChI is InChI=1S/C24H27F3N6O5S/c1-3-15-16(31-22(36)17-9-28-12-39-17)8-14-20(38-11-24(25,26)27)19(32(2)21(14)30-15)23(37)29-13-4-6-33(7-5-13)18(35)10-34/h8-9,12-13,34H,3-7,10-11H2,1-2H3,(H,29,37)(H,31,36). The molecule has 39 heavy (non-hydrogen) atoms. The van der Waals surface area contributed by atoms with Gasteiger partial charge in [-0.1, -0.05) is 6.92 Å². The Balaban J connectivity index is 1.68. The third-order valence-corrected chi connectivity index (χ3v) is 7.12. The maximum absolute atomic E-state index is 13.4. The number of pyridine rings is 1. The molecule has 4 rings (SSSR count). The zero-order valence-corrected chi connectivity index (χ0v) is 22.0. The number of amides is 3. The van der Waals surface area contributed by atoms with Crippen LogP contribution in [0.25, 0.3) is 11.0 Å². The molecular weight excluding hydrogens is 541 g/mol. The highest BCUT2D eigenvalue weighted by atomic mass is 32.1. The highest BCUT2D eigenvalue weighted by molar-refractivity contribution is 7.11. The smallest absolute Gasteiger partial charge is 0.422 e. The maximum atomic E-state index is 13.4. The second-order valence-corrected chi connectivity index (χ2v) is 9.84. The van der Waals surface area contributed by atoms with Gasteiger partial charge in [0.25, 0.3) is 11.8 Å². The summed E-state index contributed by atoms with van der Waals surface area (Å²) in [5.74, 6) is -1.83. The van der Waals surface area contributed by atoms with E-state index in [0.29, 0.717) is 42.9 Å². The quantitative estimate of drug-likeness (QED) is 0.380. The summed E-state index contributed by atoms with van der Waals surface area (Å²) in [6.45, 7) is 0.211. The van der Waals surface area contributed by atoms with Crippen molar-refractivity contribution >= 4 is 45.8 Å². The molecule has 3 aromatic rings. The number of aliphatic hydroxyl groups is 1. The van der Waals surface area contributed by atoms with Crippen molar-refractivity contribution in [2.24, 2.45) is 7.05 Å². The van der Waals surface area contributed by atoms with Crippen LogP contribution in [0.2, 0.25) is 0 Å². The molecule has 0 aromatic carbocycles. The van der Waals surface area contributed by atoms with Crippen molar-refractivity contribution in [1.29, 1.82) is 0 Å². The summed E-state index contributed by atoms with van der Waals surface area (Å²) in [5, 5.41) is 14.7. The molecule has 0 unspecified atom stereocenters. The molecule has 0 spiro atoms. The van der Waals surface area contributed by atoms with E-state index in [1.165, 1.54) is 34.3 Å². The minimum absolute atomic E-state index is 0.132. The molecule has 0 radical (unpaired) electrons. The SMILES string of the molecule is CCc1nc2c(cc1NC(=O)c1cncs1)c(OCC(F)(F)F)c(C(=O)NC1CCN(C(=O)CO)CC1)n2C. The largest absolute Gasteiger partial charge is 0.481 e. The summed E-state index contributed by atoms with van der Waals surface area (Å²) in [6.07, 6.45) is -2.06. The molecule has 0 aliphatic carbocycles. The fourth-order valence-corrected chi connectivity index (χ4v) is 4.94. The summed E-state index contributed by atoms with van der Waals surface area (Å²) in [6, 6.07) is 1.11. The molecule has 1 aliphatic rings. The van der Waals surface area contributed by atoms with E-state index in [4.69, 9.17) is 9.84 Å². The number of likely N-dealkylation sites (tertiary alicyclic amines) is 1. The Bertz CT molecular complexity index is 1370. The number of alkyl halides is 3. The topological polar surface area (TPSA) is 139 Å². The maximum Gasteiger partial charge on any atom is 0.422 e. The number of thiazole rings is 1. The van der Waals surface area contributed by atoms with Gasteiger partial charge in [-0.15, -0.1) is 11.3 Å². The van der Waals surface area contributed by atoms with Crippen LogP contribution in [0.15, 0.2) is 17.8 Å². The van der Waals surface area contributed by atoms with Crippen molar-refractivity contribution < 1.29 is 37.4 Å². The van der Waals surface area contributed by atoms with E-state index >= 15 is 0 Å². The zero-order chi connectivity index (χ0) is 28.3. The van der Waals surface area contributed by atoms with E-state index in [9.17, 15) is 27.6 Å². The number of carbonyl (C=O) groups excluding carboxylic acids is 3. The minimum Gasteiger partial charge on any atom is -0.481 e. The monoisotopic (exact) mass is 568 g/mol. The normalized spacial score (nSPS) is 14.5. The second-order valence-electron chi connectivity index (χ2n) is 8.95. The summed E-state index contributed by atoms with van der Waals surface area (Å²) in [5.41, 5.74) is 2.31. The van der Waals surface area contributed by atoms with Gasteiger partial charge in [-0.2, -0.15) is 13.2 Å². The van der Waals surface area contributed by atoms with Crippen LogP contribution in [-0.4, -0.2) is 80.8 Å². The second kappa shape index (κ2) is 11.6. The van der Waals surface area contributed by atoms with Gasteiger partial charge in [0, 0.05) is 26.2 Å². The first-order valence-corrected chi connectivity index (χ1v) is 13.0. The molecule has 3 N–H and O–H groups in total. The molecule has 1 fully saturated rings. The molecule has 3 aromatic heterocycles. The zero-order valence-electron chi connectivity index (χ0n) is 21.2. The number of aromatic nitrogens is 3. The van der Waals surface area contributed by atoms with Gasteiger partial charge in [-0.25, -0.2) is 4.98 Å². The van der Waals surface area contributed by atoms with Crippen LogP contribution in [0.5, 0.6) is 5.75 Å². The van der Waals surface area contributed by atoms with Crippen molar-refractivity contribution in [1.82, 2.24) is 24.8 Å². The van der Waals surface area contributed by atoms with Crippen molar-refractivity contribution in [3.05, 3.63) is 34.0 Å². The predicted octanol–water partition coefficient (Wildman–Crippen LogP) is 2.50. The molecule has 210 valence electrons. The van der Waals surface area contributed by atoms with E-state index in [0.717, 1.165) is 11.3 Å². The number of hydrogen-bond donors (Lipinski definition) is 3. The molecule has 1 saturated heterocycles. The van der Waals surface area contributed by atoms with Crippen molar-refractivity contribution in [2.75, 3.05) is 31.6 Å². The summed E-state index contributed by atoms with van der Waals surface area (Å²) in [7, 11) is 1.50. The minimum atomic E-state index is -4.66. The molecule has 0 atom stereocenters. The Labute approximate surface area is 225 Å². The highest BCUT2D eigenvalue weighted by Crippen LogP contribution is 2.36. The summed E-state index contributed by atoms with van der Waals surface area (Å²) < 4.78 is 46.0. The van der Waals surface area contributed by atoms with Crippen LogP contribution in [0.3, 0.4) is 0 Å². The van der Waals surface area contributed by atoms with Gasteiger partial charge < -0.3 is 29.9 Å². The number of nitrogens with zero attached hydrogens (tertiary/aromatic N) is 4. The first kappa shape index (κ1) is 28.3. The molecule has 1 aliphatic heterocycles. The number of fused-ring (bicyclic) bond motifs is 1. The summed E-state index contributed by atoms with van der Waals surface area (Å²) in [4.78, 5) is 48.0. The first-order valence-electron chi connectivity index (χ1n) is 12.1. The molecule has 15 heteroatoms. The number of carbonyl (C=O) groups is 3. The van der Waals surface area contributed by atoms with E-state index in [-0.39, 0.29) is 34.2 Å². The number of aliphatic hydroxyl groups excluding tert-OH is 1. The molecule has 4 heterocycles. The number of anilines is 1. The third-order valence-electron chi connectivity index (χ3n) is 6.35. The predicted molar refractivity (Wildman–Crippen MR) is 136 cm³/mol. The van der Waals surface area contributed by atoms with Gasteiger partial charge in [-0.05, 0) is 25.3 Å². The first-order chi connectivity index (χ1) is 18.5. The van der Waals surface area contributed by atoms with E-state index in [2.05, 4.69) is 20.6 Å². The van der Waals surface area contributed by atoms with Crippen LogP contribution in [-0.2, 0) is 18.3 Å². The Hall–Kier alpha value is -3.72. The van der Waals surface area contributed by atoms with Gasteiger partial charge in [0.2, 0.25) is 5.91 Å². The van der Waals surface area contributed by atoms with Gasteiger partial charge in [0.1, 0.15) is 17.1 Å². The van der Waals surface area contributed by atoms with E-state index < -0.39 is 37.1 Å². The molecule has 11 nitrogen and oxygen atoms in total. The van der Waals surface area contributed by atoms with Crippen molar-refractivity contribution in [2.45, 2.75) is 38.4 Å². The van der Waals surface area contributed by atoms with E-state index in [1.807, 2.05) is 6.92 Å². The Kier molecular flexibility index (Phi) is 8.39. The number of ether oxygens (including phenoxy) is 1. The lowest BCUT2D eigenvalue weighted by molar-refractivity contribution is -0.153. The molecule has 3 amide bonds. The highest BCUT2D eigenvalue weighted by Gasteiger charge is 2.33. The lowest BCUT2D eigenvalue weighted by Crippen LogP contribution is -2.47. The Morgan fingerprint density at radius 2 is 1.95 bits per heavy atom. The lowest BCUT2D eigenvalue weighted by atomic mass is 10.0. The number of rotatable bonds is 8. The molecule has 0 saturated carbocycles. The molecule has 0 bridgehead atoms. The lowest BCUT2D eigenvalue weighted by Gasteiger charge is -2.32. The summed E-state index contributed by atoms with van der Waals surface area (Å²) >= 11 is 1.13.